The van der Waals surface area contributed by atoms with Crippen LogP contribution in [0.5, 0.6) is 11.5 Å². The lowest BCUT2D eigenvalue weighted by molar-refractivity contribution is 0.470. The molecule has 2 aromatic carbocycles. The number of phenols is 2. The second-order valence-electron chi connectivity index (χ2n) is 14.2. The van der Waals surface area contributed by atoms with Gasteiger partial charge in [-0.25, -0.2) is 0 Å². The first-order chi connectivity index (χ1) is 20.9. The average molecular weight is 665 g/mol. The molecular weight excluding hydrogens is 617 g/mol. The van der Waals surface area contributed by atoms with Crippen LogP contribution in [0.3, 0.4) is 0 Å². The zero-order valence-corrected chi connectivity index (χ0v) is 30.4. The van der Waals surface area contributed by atoms with E-state index in [-0.39, 0.29) is 10.8 Å². The van der Waals surface area contributed by atoms with Gasteiger partial charge in [0, 0.05) is 54.0 Å². The van der Waals surface area contributed by atoms with Crippen molar-refractivity contribution in [3.8, 4) is 32.4 Å². The van der Waals surface area contributed by atoms with Crippen LogP contribution in [-0.4, -0.2) is 20.7 Å². The Morgan fingerprint density at radius 3 is 1.39 bits per heavy atom. The summed E-state index contributed by atoms with van der Waals surface area (Å²) in [5, 5.41) is 28.2. The molecule has 2 N–H and O–H groups in total. The van der Waals surface area contributed by atoms with Crippen molar-refractivity contribution >= 4 is 46.2 Å². The summed E-state index contributed by atoms with van der Waals surface area (Å²) in [6, 6.07) is 17.2. The van der Waals surface area contributed by atoms with E-state index in [0.717, 1.165) is 43.5 Å². The average Bonchev–Trinajstić information content (AvgIpc) is 3.68. The third kappa shape index (κ3) is 8.10. The van der Waals surface area contributed by atoms with Crippen molar-refractivity contribution in [3.05, 3.63) is 81.5 Å². The number of hydrogen-bond donors (Lipinski definition) is 2. The fraction of sp³-hybridized carbons (Fsp3) is 0.474. The molecular formula is C38H48O2S4. The number of thioether (sulfide) groups is 2. The summed E-state index contributed by atoms with van der Waals surface area (Å²) in [5.74, 6) is 2.49. The maximum atomic E-state index is 11.5. The Kier molecular flexibility index (Phi) is 10.9. The van der Waals surface area contributed by atoms with Gasteiger partial charge < -0.3 is 10.2 Å². The van der Waals surface area contributed by atoms with E-state index in [9.17, 15) is 10.2 Å². The Balaban J connectivity index is 1.39. The Hall–Kier alpha value is -1.86. The Bertz CT molecular complexity index is 1390. The van der Waals surface area contributed by atoms with Crippen molar-refractivity contribution in [1.29, 1.82) is 0 Å². The minimum atomic E-state index is 0.00328. The van der Waals surface area contributed by atoms with Crippen LogP contribution in [0.4, 0.5) is 0 Å². The molecule has 1 aliphatic rings. The third-order valence-electron chi connectivity index (χ3n) is 8.73. The van der Waals surface area contributed by atoms with Crippen LogP contribution in [0, 0.1) is 0 Å². The molecule has 0 radical (unpaired) electrons. The minimum absolute atomic E-state index is 0.00328. The molecule has 1 unspecified atom stereocenters. The van der Waals surface area contributed by atoms with Gasteiger partial charge in [-0.05, 0) is 69.8 Å². The van der Waals surface area contributed by atoms with Crippen LogP contribution in [0.15, 0.2) is 59.3 Å². The molecule has 0 saturated heterocycles. The molecule has 6 heteroatoms. The molecule has 4 aromatic rings. The maximum Gasteiger partial charge on any atom is 0.128 e. The lowest BCUT2D eigenvalue weighted by Gasteiger charge is -2.30. The predicted octanol–water partition coefficient (Wildman–Crippen LogP) is 12.4. The monoisotopic (exact) mass is 664 g/mol. The summed E-state index contributed by atoms with van der Waals surface area (Å²) in [7, 11) is 0. The van der Waals surface area contributed by atoms with E-state index in [1.54, 1.807) is 22.7 Å². The Labute approximate surface area is 281 Å². The Morgan fingerprint density at radius 2 is 1.05 bits per heavy atom. The lowest BCUT2D eigenvalue weighted by atomic mass is 9.84. The molecule has 0 aliphatic heterocycles. The van der Waals surface area contributed by atoms with Gasteiger partial charge in [0.25, 0.3) is 0 Å². The number of rotatable bonds is 8. The van der Waals surface area contributed by atoms with Gasteiger partial charge in [-0.3, -0.25) is 0 Å². The minimum Gasteiger partial charge on any atom is -0.507 e. The highest BCUT2D eigenvalue weighted by molar-refractivity contribution is 8.03. The zero-order valence-electron chi connectivity index (χ0n) is 27.1. The summed E-state index contributed by atoms with van der Waals surface area (Å²) in [4.78, 5) is 2.25. The fourth-order valence-corrected chi connectivity index (χ4v) is 10.5. The molecule has 0 amide bonds. The highest BCUT2D eigenvalue weighted by Crippen LogP contribution is 2.45. The van der Waals surface area contributed by atoms with Crippen LogP contribution in [0.2, 0.25) is 0 Å². The molecule has 1 saturated carbocycles. The van der Waals surface area contributed by atoms with Crippen LogP contribution in [-0.2, 0) is 22.3 Å². The van der Waals surface area contributed by atoms with Crippen molar-refractivity contribution in [2.24, 2.45) is 0 Å². The topological polar surface area (TPSA) is 40.5 Å². The highest BCUT2D eigenvalue weighted by Gasteiger charge is 2.27. The summed E-state index contributed by atoms with van der Waals surface area (Å²) in [6.07, 6.45) is 7.54. The number of aromatic hydroxyl groups is 2. The van der Waals surface area contributed by atoms with E-state index >= 15 is 0 Å². The molecule has 0 bridgehead atoms. The molecule has 2 aromatic heterocycles. The zero-order chi connectivity index (χ0) is 31.5. The van der Waals surface area contributed by atoms with Gasteiger partial charge in [-0.1, -0.05) is 91.5 Å². The maximum absolute atomic E-state index is 11.5. The summed E-state index contributed by atoms with van der Waals surface area (Å²) in [5.41, 5.74) is 6.57. The van der Waals surface area contributed by atoms with Crippen LogP contribution < -0.4 is 0 Å². The van der Waals surface area contributed by atoms with Gasteiger partial charge in [0.05, 0.1) is 0 Å². The fourth-order valence-electron chi connectivity index (χ4n) is 5.91. The number of thiophene rings is 2. The molecule has 2 nitrogen and oxygen atoms in total. The van der Waals surface area contributed by atoms with E-state index in [4.69, 9.17) is 0 Å². The first-order valence-electron chi connectivity index (χ1n) is 16.0. The molecule has 1 fully saturated rings. The highest BCUT2D eigenvalue weighted by atomic mass is 32.2. The third-order valence-corrected chi connectivity index (χ3v) is 13.6. The number of benzene rings is 2. The Morgan fingerprint density at radius 1 is 0.636 bits per heavy atom. The van der Waals surface area contributed by atoms with Gasteiger partial charge in [-0.2, -0.15) is 23.5 Å². The van der Waals surface area contributed by atoms with Crippen LogP contribution >= 0.6 is 46.2 Å². The standard InChI is InChI=1S/C38H48O2S4/c1-37(2,3)27-19-25(35(39)29(21-27)31-15-11-17-41-31)23-43-33-13-9-7-8-10-14-34(33)44-24-26-20-28(38(4,5)6)22-30(36(26)40)32-16-12-18-42-32/h11-12,15-22,33-34,39-40H,7-10,13-14,23-24H2,1-6H3/t33-,34?/m0/s1. The van der Waals surface area contributed by atoms with Crippen molar-refractivity contribution in [2.75, 3.05) is 0 Å². The quantitative estimate of drug-likeness (QED) is 0.197. The molecule has 5 rings (SSSR count). The van der Waals surface area contributed by atoms with Crippen molar-refractivity contribution in [3.63, 3.8) is 0 Å². The number of hydrogen-bond acceptors (Lipinski definition) is 6. The largest absolute Gasteiger partial charge is 0.507 e. The normalized spacial score (nSPS) is 18.2. The van der Waals surface area contributed by atoms with E-state index in [1.165, 1.54) is 49.7 Å². The van der Waals surface area contributed by atoms with E-state index in [1.807, 2.05) is 23.5 Å². The van der Waals surface area contributed by atoms with Gasteiger partial charge >= 0.3 is 0 Å². The first kappa shape index (κ1) is 33.5. The van der Waals surface area contributed by atoms with E-state index in [2.05, 4.69) is 101 Å². The summed E-state index contributed by atoms with van der Waals surface area (Å²) in [6.45, 7) is 13.5. The van der Waals surface area contributed by atoms with Crippen molar-refractivity contribution in [2.45, 2.75) is 113 Å². The summed E-state index contributed by atoms with van der Waals surface area (Å²) >= 11 is 7.44. The first-order valence-corrected chi connectivity index (χ1v) is 19.8. The van der Waals surface area contributed by atoms with Crippen molar-refractivity contribution < 1.29 is 10.2 Å². The summed E-state index contributed by atoms with van der Waals surface area (Å²) < 4.78 is 0. The molecule has 1 aliphatic carbocycles. The van der Waals surface area contributed by atoms with Gasteiger partial charge in [0.15, 0.2) is 0 Å². The second kappa shape index (κ2) is 14.3. The van der Waals surface area contributed by atoms with Crippen LogP contribution in [0.25, 0.3) is 20.9 Å². The lowest BCUT2D eigenvalue weighted by Crippen LogP contribution is -2.22. The second-order valence-corrected chi connectivity index (χ2v) is 18.6. The number of phenolic OH excluding ortho intramolecular Hbond substituents is 2. The molecule has 2 heterocycles. The van der Waals surface area contributed by atoms with Crippen molar-refractivity contribution in [1.82, 2.24) is 0 Å². The van der Waals surface area contributed by atoms with Gasteiger partial charge in [0.2, 0.25) is 0 Å². The van der Waals surface area contributed by atoms with E-state index < -0.39 is 0 Å². The van der Waals surface area contributed by atoms with Crippen LogP contribution in [0.1, 0.15) is 102 Å². The molecule has 2 atom stereocenters. The van der Waals surface area contributed by atoms with Gasteiger partial charge in [0.1, 0.15) is 11.5 Å². The molecule has 44 heavy (non-hydrogen) atoms. The molecule has 236 valence electrons. The SMILES string of the molecule is CC(C)(C)c1cc(CSC2CCCCCC[C@@H]2SCc2cc(C(C)(C)C)cc(-c3cccs3)c2O)c(O)c(-c2cccs2)c1. The van der Waals surface area contributed by atoms with E-state index in [0.29, 0.717) is 22.0 Å². The predicted molar refractivity (Wildman–Crippen MR) is 198 cm³/mol. The van der Waals surface area contributed by atoms with Gasteiger partial charge in [-0.15, -0.1) is 22.7 Å². The smallest absolute Gasteiger partial charge is 0.128 e. The molecule has 0 spiro atoms.